The van der Waals surface area contributed by atoms with Crippen LogP contribution in [0.25, 0.3) is 10.4 Å². The molecular weight excluding hydrogens is 478 g/mol. The first kappa shape index (κ1) is 25.9. The average molecular weight is 512 g/mol. The number of benzene rings is 1. The summed E-state index contributed by atoms with van der Waals surface area (Å²) in [5.74, 6) is -0.0293. The average Bonchev–Trinajstić information content (AvgIpc) is 3.55. The molecule has 1 fully saturated rings. The van der Waals surface area contributed by atoms with Gasteiger partial charge in [-0.1, -0.05) is 19.1 Å². The molecule has 1 aromatic carbocycles. The first-order valence-electron chi connectivity index (χ1n) is 12.4. The summed E-state index contributed by atoms with van der Waals surface area (Å²) in [4.78, 5) is 45.6. The van der Waals surface area contributed by atoms with Gasteiger partial charge in [0.25, 0.3) is 5.91 Å². The van der Waals surface area contributed by atoms with E-state index in [1.165, 1.54) is 24.8 Å². The Hall–Kier alpha value is -3.20. The van der Waals surface area contributed by atoms with Crippen molar-refractivity contribution in [2.75, 3.05) is 23.9 Å². The highest BCUT2D eigenvalue weighted by Crippen LogP contribution is 2.40. The lowest BCUT2D eigenvalue weighted by molar-refractivity contribution is -0.124. The van der Waals surface area contributed by atoms with Gasteiger partial charge in [-0.05, 0) is 69.2 Å². The van der Waals surface area contributed by atoms with Crippen molar-refractivity contribution in [2.24, 2.45) is 16.8 Å². The summed E-state index contributed by atoms with van der Waals surface area (Å²) in [6.07, 6.45) is 4.52. The van der Waals surface area contributed by atoms with Crippen molar-refractivity contribution in [3.8, 4) is 10.4 Å². The standard InChI is InChI=1S/C27H33N3O5S/c1-16(2)30(26(32)19-7-5-17(3)6-8-19)21-13-23(36-24(21)27(33)34-4)18-9-11-20(12-10-18)29-25(31)22-14-28-15-35-22/h9-13,15-17,19,22H,5-8,14H2,1-4H3,(H,29,31)/t17-,19-,22?. The highest BCUT2D eigenvalue weighted by atomic mass is 32.1. The lowest BCUT2D eigenvalue weighted by Crippen LogP contribution is -2.42. The molecule has 2 aromatic rings. The smallest absolute Gasteiger partial charge is 0.350 e. The Kier molecular flexibility index (Phi) is 8.08. The van der Waals surface area contributed by atoms with E-state index in [9.17, 15) is 14.4 Å². The summed E-state index contributed by atoms with van der Waals surface area (Å²) in [6, 6.07) is 9.15. The van der Waals surface area contributed by atoms with Gasteiger partial charge in [0.2, 0.25) is 5.91 Å². The van der Waals surface area contributed by atoms with E-state index in [1.54, 1.807) is 17.0 Å². The zero-order valence-electron chi connectivity index (χ0n) is 21.2. The van der Waals surface area contributed by atoms with E-state index in [0.717, 1.165) is 36.1 Å². The zero-order valence-corrected chi connectivity index (χ0v) is 22.0. The SMILES string of the molecule is COC(=O)c1sc(-c2ccc(NC(=O)C3CN=CO3)cc2)cc1N(C(=O)[C@H]1CC[C@H](C)CC1)C(C)C. The van der Waals surface area contributed by atoms with Crippen LogP contribution in [0.2, 0.25) is 0 Å². The molecule has 2 aliphatic rings. The van der Waals surface area contributed by atoms with Gasteiger partial charge >= 0.3 is 5.97 Å². The number of esters is 1. The number of anilines is 2. The van der Waals surface area contributed by atoms with Crippen LogP contribution in [0, 0.1) is 11.8 Å². The number of hydrogen-bond donors (Lipinski definition) is 1. The van der Waals surface area contributed by atoms with Crippen LogP contribution in [0.1, 0.15) is 56.1 Å². The predicted octanol–water partition coefficient (Wildman–Crippen LogP) is 5.14. The maximum absolute atomic E-state index is 13.6. The molecule has 1 saturated carbocycles. The number of carbonyl (C=O) groups excluding carboxylic acids is 3. The molecular formula is C27H33N3O5S. The molecule has 1 unspecified atom stereocenters. The van der Waals surface area contributed by atoms with Crippen molar-refractivity contribution in [1.82, 2.24) is 0 Å². The van der Waals surface area contributed by atoms with E-state index >= 15 is 0 Å². The zero-order chi connectivity index (χ0) is 25.8. The maximum atomic E-state index is 13.6. The van der Waals surface area contributed by atoms with Crippen molar-refractivity contribution < 1.29 is 23.9 Å². The summed E-state index contributed by atoms with van der Waals surface area (Å²) in [5.41, 5.74) is 2.10. The molecule has 0 saturated heterocycles. The summed E-state index contributed by atoms with van der Waals surface area (Å²) in [5, 5.41) is 2.83. The van der Waals surface area contributed by atoms with E-state index in [1.807, 2.05) is 32.0 Å². The third-order valence-electron chi connectivity index (χ3n) is 6.76. The fourth-order valence-corrected chi connectivity index (χ4v) is 5.75. The molecule has 1 aliphatic carbocycles. The number of rotatable bonds is 7. The fourth-order valence-electron chi connectivity index (χ4n) is 4.68. The fraction of sp³-hybridized carbons (Fsp3) is 0.481. The Balaban J connectivity index is 1.59. The number of methoxy groups -OCH3 is 1. The van der Waals surface area contributed by atoms with Crippen molar-refractivity contribution in [3.05, 3.63) is 35.2 Å². The van der Waals surface area contributed by atoms with Crippen LogP contribution < -0.4 is 10.2 Å². The van der Waals surface area contributed by atoms with E-state index in [0.29, 0.717) is 28.7 Å². The molecule has 36 heavy (non-hydrogen) atoms. The maximum Gasteiger partial charge on any atom is 0.350 e. The van der Waals surface area contributed by atoms with E-state index in [-0.39, 0.29) is 23.8 Å². The highest BCUT2D eigenvalue weighted by molar-refractivity contribution is 7.18. The van der Waals surface area contributed by atoms with Gasteiger partial charge in [-0.3, -0.25) is 14.6 Å². The van der Waals surface area contributed by atoms with Crippen LogP contribution in [0.4, 0.5) is 11.4 Å². The molecule has 0 bridgehead atoms. The number of ether oxygens (including phenoxy) is 2. The number of nitrogens with one attached hydrogen (secondary N) is 1. The second-order valence-electron chi connectivity index (χ2n) is 9.74. The summed E-state index contributed by atoms with van der Waals surface area (Å²) in [6.45, 7) is 6.48. The molecule has 1 aromatic heterocycles. The Bertz CT molecular complexity index is 1120. The molecule has 0 spiro atoms. The Morgan fingerprint density at radius 1 is 1.14 bits per heavy atom. The number of nitrogens with zero attached hydrogens (tertiary/aromatic N) is 2. The van der Waals surface area contributed by atoms with Gasteiger partial charge < -0.3 is 19.7 Å². The van der Waals surface area contributed by atoms with Gasteiger partial charge in [-0.2, -0.15) is 0 Å². The highest BCUT2D eigenvalue weighted by Gasteiger charge is 2.33. The number of thiophene rings is 1. The van der Waals surface area contributed by atoms with Crippen LogP contribution in [-0.4, -0.2) is 50.0 Å². The second-order valence-corrected chi connectivity index (χ2v) is 10.8. The van der Waals surface area contributed by atoms with Crippen LogP contribution in [-0.2, 0) is 19.1 Å². The largest absolute Gasteiger partial charge is 0.469 e. The predicted molar refractivity (Wildman–Crippen MR) is 142 cm³/mol. The third kappa shape index (κ3) is 5.61. The Labute approximate surface area is 215 Å². The van der Waals surface area contributed by atoms with Crippen molar-refractivity contribution in [3.63, 3.8) is 0 Å². The van der Waals surface area contributed by atoms with Crippen molar-refractivity contribution in [2.45, 2.75) is 58.6 Å². The van der Waals surface area contributed by atoms with Gasteiger partial charge in [0.05, 0.1) is 19.3 Å². The monoisotopic (exact) mass is 511 g/mol. The number of carbonyl (C=O) groups is 3. The summed E-state index contributed by atoms with van der Waals surface area (Å²) < 4.78 is 10.2. The minimum Gasteiger partial charge on any atom is -0.469 e. The lowest BCUT2D eigenvalue weighted by atomic mass is 9.82. The van der Waals surface area contributed by atoms with Gasteiger partial charge in [-0.15, -0.1) is 11.3 Å². The number of hydrogen-bond acceptors (Lipinski definition) is 7. The summed E-state index contributed by atoms with van der Waals surface area (Å²) >= 11 is 1.30. The lowest BCUT2D eigenvalue weighted by Gasteiger charge is -2.33. The second kappa shape index (κ2) is 11.2. The van der Waals surface area contributed by atoms with Crippen LogP contribution >= 0.6 is 11.3 Å². The molecule has 2 amide bonds. The Morgan fingerprint density at radius 3 is 2.42 bits per heavy atom. The molecule has 192 valence electrons. The molecule has 1 atom stereocenters. The minimum atomic E-state index is -0.612. The first-order valence-corrected chi connectivity index (χ1v) is 13.2. The van der Waals surface area contributed by atoms with E-state index in [4.69, 9.17) is 9.47 Å². The van der Waals surface area contributed by atoms with Crippen molar-refractivity contribution >= 4 is 46.9 Å². The first-order chi connectivity index (χ1) is 17.3. The molecule has 1 N–H and O–H groups in total. The molecule has 4 rings (SSSR count). The summed E-state index contributed by atoms with van der Waals surface area (Å²) in [7, 11) is 1.35. The van der Waals surface area contributed by atoms with E-state index < -0.39 is 12.1 Å². The van der Waals surface area contributed by atoms with Gasteiger partial charge in [0, 0.05) is 22.5 Å². The number of aliphatic imine (C=N–C) groups is 1. The number of amides is 2. The normalized spacial score (nSPS) is 21.2. The van der Waals surface area contributed by atoms with E-state index in [2.05, 4.69) is 17.2 Å². The quantitative estimate of drug-likeness (QED) is 0.520. The van der Waals surface area contributed by atoms with Crippen molar-refractivity contribution in [1.29, 1.82) is 0 Å². The van der Waals surface area contributed by atoms with Gasteiger partial charge in [0.1, 0.15) is 4.88 Å². The molecule has 0 radical (unpaired) electrons. The van der Waals surface area contributed by atoms with Gasteiger partial charge in [-0.25, -0.2) is 4.79 Å². The topological polar surface area (TPSA) is 97.3 Å². The van der Waals surface area contributed by atoms with Crippen LogP contribution in [0.5, 0.6) is 0 Å². The molecule has 9 heteroatoms. The third-order valence-corrected chi connectivity index (χ3v) is 7.92. The molecule has 2 heterocycles. The van der Waals surface area contributed by atoms with Crippen LogP contribution in [0.3, 0.4) is 0 Å². The Morgan fingerprint density at radius 2 is 1.83 bits per heavy atom. The molecule has 8 nitrogen and oxygen atoms in total. The minimum absolute atomic E-state index is 0.0328. The van der Waals surface area contributed by atoms with Gasteiger partial charge in [0.15, 0.2) is 12.5 Å². The van der Waals surface area contributed by atoms with Crippen LogP contribution in [0.15, 0.2) is 35.3 Å². The molecule has 1 aliphatic heterocycles.